The normalized spacial score (nSPS) is 27.4. The number of nitrogens with zero attached hydrogens (tertiary/aromatic N) is 6. The number of aliphatic hydroxyl groups is 1. The van der Waals surface area contributed by atoms with Crippen LogP contribution in [0.1, 0.15) is 38.1 Å². The predicted molar refractivity (Wildman–Crippen MR) is 120 cm³/mol. The summed E-state index contributed by atoms with van der Waals surface area (Å²) in [5.41, 5.74) is 0.178. The van der Waals surface area contributed by atoms with Crippen molar-refractivity contribution in [1.29, 1.82) is 0 Å². The van der Waals surface area contributed by atoms with E-state index >= 15 is 0 Å². The molecule has 186 valence electrons. The van der Waals surface area contributed by atoms with E-state index in [0.717, 1.165) is 24.4 Å². The SMILES string of the molecule is Cc1cc(N2C3C2[C@H]2CC[C@@H]3C2Nc2nc3c(OCC(F)(F)F)ccc(C(C)(C)O)n3n2)ncn1. The molecule has 1 saturated heterocycles. The Labute approximate surface area is 199 Å². The molecule has 4 heterocycles. The van der Waals surface area contributed by atoms with Gasteiger partial charge in [0.05, 0.1) is 17.8 Å². The van der Waals surface area contributed by atoms with E-state index in [1.54, 1.807) is 20.2 Å². The highest BCUT2D eigenvalue weighted by atomic mass is 19.4. The van der Waals surface area contributed by atoms with Gasteiger partial charge in [-0.3, -0.25) is 0 Å². The van der Waals surface area contributed by atoms with Crippen molar-refractivity contribution in [2.24, 2.45) is 11.8 Å². The summed E-state index contributed by atoms with van der Waals surface area (Å²) in [6.07, 6.45) is -0.737. The van der Waals surface area contributed by atoms with E-state index in [0.29, 0.717) is 35.6 Å². The molecule has 5 atom stereocenters. The minimum atomic E-state index is -4.48. The second-order valence-electron chi connectivity index (χ2n) is 10.2. The molecule has 3 aromatic heterocycles. The zero-order chi connectivity index (χ0) is 24.7. The van der Waals surface area contributed by atoms with Crippen molar-refractivity contribution in [2.45, 2.75) is 63.5 Å². The van der Waals surface area contributed by atoms with Crippen molar-refractivity contribution in [3.63, 3.8) is 0 Å². The summed E-state index contributed by atoms with van der Waals surface area (Å²) >= 11 is 0. The van der Waals surface area contributed by atoms with Crippen LogP contribution in [0, 0.1) is 18.8 Å². The van der Waals surface area contributed by atoms with Gasteiger partial charge in [-0.2, -0.15) is 18.2 Å². The van der Waals surface area contributed by atoms with E-state index < -0.39 is 18.4 Å². The zero-order valence-corrected chi connectivity index (χ0v) is 19.5. The van der Waals surface area contributed by atoms with Gasteiger partial charge in [-0.25, -0.2) is 14.5 Å². The van der Waals surface area contributed by atoms with E-state index in [2.05, 4.69) is 30.3 Å². The largest absolute Gasteiger partial charge is 0.480 e. The fourth-order valence-electron chi connectivity index (χ4n) is 6.00. The number of fused-ring (bicyclic) bond motifs is 6. The molecule has 2 aliphatic carbocycles. The number of hydrogen-bond donors (Lipinski definition) is 2. The summed E-state index contributed by atoms with van der Waals surface area (Å²) in [6, 6.07) is 5.86. The van der Waals surface area contributed by atoms with Crippen molar-refractivity contribution in [2.75, 3.05) is 16.8 Å². The maximum absolute atomic E-state index is 12.8. The lowest BCUT2D eigenvalue weighted by atomic mass is 10.0. The number of halogens is 3. The summed E-state index contributed by atoms with van der Waals surface area (Å²) in [5, 5.41) is 18.5. The molecule has 3 fully saturated rings. The van der Waals surface area contributed by atoms with Crippen molar-refractivity contribution < 1.29 is 23.0 Å². The quantitative estimate of drug-likeness (QED) is 0.510. The topological polar surface area (TPSA) is 100 Å². The molecule has 9 nitrogen and oxygen atoms in total. The molecular weight excluding hydrogens is 463 g/mol. The lowest BCUT2D eigenvalue weighted by Gasteiger charge is -2.23. The minimum absolute atomic E-state index is 0.0431. The first-order chi connectivity index (χ1) is 16.5. The molecular formula is C23H26F3N7O2. The highest BCUT2D eigenvalue weighted by Crippen LogP contribution is 2.59. The van der Waals surface area contributed by atoms with E-state index in [9.17, 15) is 18.3 Å². The first kappa shape index (κ1) is 22.3. The monoisotopic (exact) mass is 489 g/mol. The number of aryl methyl sites for hydroxylation is 1. The molecule has 0 amide bonds. The summed E-state index contributed by atoms with van der Waals surface area (Å²) in [7, 11) is 0. The average molecular weight is 490 g/mol. The summed E-state index contributed by atoms with van der Waals surface area (Å²) in [6.45, 7) is 3.68. The third-order valence-corrected chi connectivity index (χ3v) is 7.35. The number of nitrogens with one attached hydrogen (secondary N) is 1. The molecule has 2 saturated carbocycles. The first-order valence-electron chi connectivity index (χ1n) is 11.7. The third kappa shape index (κ3) is 3.74. The van der Waals surface area contributed by atoms with E-state index in [4.69, 9.17) is 4.74 Å². The van der Waals surface area contributed by atoms with Crippen LogP contribution in [0.2, 0.25) is 0 Å². The molecule has 0 spiro atoms. The van der Waals surface area contributed by atoms with Gasteiger partial charge in [0, 0.05) is 29.6 Å². The molecule has 2 N–H and O–H groups in total. The van der Waals surface area contributed by atoms with Gasteiger partial charge in [0.1, 0.15) is 17.7 Å². The molecule has 3 aliphatic rings. The molecule has 1 aliphatic heterocycles. The molecule has 3 aromatic rings. The number of aromatic nitrogens is 5. The Morgan fingerprint density at radius 1 is 1.14 bits per heavy atom. The smallest absolute Gasteiger partial charge is 0.422 e. The van der Waals surface area contributed by atoms with Crippen LogP contribution in [0.4, 0.5) is 24.9 Å². The van der Waals surface area contributed by atoms with Crippen LogP contribution in [0.15, 0.2) is 24.5 Å². The van der Waals surface area contributed by atoms with Crippen LogP contribution in [0.3, 0.4) is 0 Å². The lowest BCUT2D eigenvalue weighted by Crippen LogP contribution is -2.33. The Hall–Kier alpha value is -3.15. The molecule has 6 rings (SSSR count). The van der Waals surface area contributed by atoms with Gasteiger partial charge in [-0.05, 0) is 45.7 Å². The summed E-state index contributed by atoms with van der Waals surface area (Å²) < 4.78 is 44.7. The molecule has 2 bridgehead atoms. The number of rotatable bonds is 6. The van der Waals surface area contributed by atoms with E-state index in [1.165, 1.54) is 16.6 Å². The van der Waals surface area contributed by atoms with Crippen LogP contribution in [0.5, 0.6) is 5.75 Å². The number of pyridine rings is 1. The number of ether oxygens (including phenoxy) is 1. The Morgan fingerprint density at radius 3 is 2.49 bits per heavy atom. The second-order valence-corrected chi connectivity index (χ2v) is 10.2. The molecule has 12 heteroatoms. The third-order valence-electron chi connectivity index (χ3n) is 7.35. The highest BCUT2D eigenvalue weighted by Gasteiger charge is 2.69. The number of piperidine rings is 1. The Balaban J connectivity index is 1.27. The van der Waals surface area contributed by atoms with Crippen molar-refractivity contribution in [3.05, 3.63) is 35.9 Å². The zero-order valence-electron chi connectivity index (χ0n) is 19.5. The van der Waals surface area contributed by atoms with Crippen LogP contribution < -0.4 is 15.0 Å². The molecule has 35 heavy (non-hydrogen) atoms. The van der Waals surface area contributed by atoms with Crippen LogP contribution >= 0.6 is 0 Å². The van der Waals surface area contributed by atoms with Gasteiger partial charge in [0.15, 0.2) is 18.0 Å². The fraction of sp³-hybridized carbons (Fsp3) is 0.565. The Bertz CT molecular complexity index is 1270. The van der Waals surface area contributed by atoms with Gasteiger partial charge in [-0.15, -0.1) is 5.10 Å². The van der Waals surface area contributed by atoms with Crippen molar-refractivity contribution in [1.82, 2.24) is 24.6 Å². The van der Waals surface area contributed by atoms with Crippen molar-refractivity contribution >= 4 is 17.4 Å². The van der Waals surface area contributed by atoms with Gasteiger partial charge >= 0.3 is 6.18 Å². The number of alkyl halides is 3. The van der Waals surface area contributed by atoms with Crippen molar-refractivity contribution in [3.8, 4) is 5.75 Å². The Morgan fingerprint density at radius 2 is 1.86 bits per heavy atom. The van der Waals surface area contributed by atoms with E-state index in [1.807, 2.05) is 13.0 Å². The maximum atomic E-state index is 12.8. The van der Waals surface area contributed by atoms with Gasteiger partial charge < -0.3 is 20.1 Å². The fourth-order valence-corrected chi connectivity index (χ4v) is 6.00. The predicted octanol–water partition coefficient (Wildman–Crippen LogP) is 3.07. The van der Waals surface area contributed by atoms with Crippen LogP contribution in [0.25, 0.3) is 5.65 Å². The maximum Gasteiger partial charge on any atom is 0.422 e. The van der Waals surface area contributed by atoms with Gasteiger partial charge in [-0.1, -0.05) is 0 Å². The standard InChI is InChI=1S/C23H26F3N7O2/c1-11-8-16(28-10-27-11)32-18-12-4-5-13(19(18)32)17(12)29-21-30-20-14(35-9-23(24,25)26)6-7-15(22(2,3)34)33(20)31-21/h6-8,10,12-13,17-19,34H,4-5,9H2,1-3H3,(H,29,31)/t12-,13+,17?,18?,19?,32?. The molecule has 0 aromatic carbocycles. The Kier molecular flexibility index (Phi) is 4.73. The second kappa shape index (κ2) is 7.42. The van der Waals surface area contributed by atoms with Gasteiger partial charge in [0.2, 0.25) is 5.95 Å². The van der Waals surface area contributed by atoms with E-state index in [-0.39, 0.29) is 17.4 Å². The lowest BCUT2D eigenvalue weighted by molar-refractivity contribution is -0.153. The number of anilines is 2. The van der Waals surface area contributed by atoms with Gasteiger partial charge in [0.25, 0.3) is 0 Å². The molecule has 3 unspecified atom stereocenters. The average Bonchev–Trinajstić information content (AvgIpc) is 3.02. The first-order valence-corrected chi connectivity index (χ1v) is 11.7. The van der Waals surface area contributed by atoms with Crippen LogP contribution in [-0.4, -0.2) is 60.6 Å². The summed E-state index contributed by atoms with van der Waals surface area (Å²) in [5.74, 6) is 2.00. The highest BCUT2D eigenvalue weighted by molar-refractivity contribution is 5.59. The number of hydrogen-bond acceptors (Lipinski definition) is 8. The minimum Gasteiger partial charge on any atom is -0.480 e. The van der Waals surface area contributed by atoms with Crippen LogP contribution in [-0.2, 0) is 5.60 Å². The summed E-state index contributed by atoms with van der Waals surface area (Å²) in [4.78, 5) is 15.5. The molecule has 0 radical (unpaired) electrons.